The van der Waals surface area contributed by atoms with Crippen molar-refractivity contribution in [1.29, 1.82) is 0 Å². The number of nitrogens with one attached hydrogen (secondary N) is 1. The molecule has 184 valence electrons. The number of benzene rings is 2. The summed E-state index contributed by atoms with van der Waals surface area (Å²) in [7, 11) is -3.58. The van der Waals surface area contributed by atoms with E-state index in [4.69, 9.17) is 0 Å². The Morgan fingerprint density at radius 2 is 1.68 bits per heavy atom. The topological polar surface area (TPSA) is 86.8 Å². The second-order valence-electron chi connectivity index (χ2n) is 8.53. The van der Waals surface area contributed by atoms with Gasteiger partial charge in [0.2, 0.25) is 21.8 Å². The zero-order valence-corrected chi connectivity index (χ0v) is 20.5. The lowest BCUT2D eigenvalue weighted by molar-refractivity contribution is -0.128. The monoisotopic (exact) mass is 489 g/mol. The molecule has 7 nitrogen and oxygen atoms in total. The van der Waals surface area contributed by atoms with Gasteiger partial charge < -0.3 is 10.2 Å². The van der Waals surface area contributed by atoms with Crippen LogP contribution in [-0.4, -0.2) is 55.6 Å². The quantitative estimate of drug-likeness (QED) is 0.522. The average Bonchev–Trinajstić information content (AvgIpc) is 3.19. The van der Waals surface area contributed by atoms with E-state index in [0.29, 0.717) is 38.3 Å². The third kappa shape index (κ3) is 6.42. The summed E-state index contributed by atoms with van der Waals surface area (Å²) in [4.78, 5) is 26.9. The number of hydrogen-bond acceptors (Lipinski definition) is 4. The number of carbonyl (C=O) groups excluding carboxylic acids is 2. The standard InChI is InChI=1S/C25H32FN3O4S/c1-3-14-29(15-4-2)34(32,33)23-11-9-22(10-12-23)27-25(31)20-17-24(30)28(18-20)16-13-19-5-7-21(26)8-6-19/h5-12,20H,3-4,13-18H2,1-2H3,(H,27,31). The van der Waals surface area contributed by atoms with Crippen LogP contribution in [0.1, 0.15) is 38.7 Å². The third-order valence-electron chi connectivity index (χ3n) is 5.87. The maximum atomic E-state index is 13.0. The molecule has 0 bridgehead atoms. The summed E-state index contributed by atoms with van der Waals surface area (Å²) in [6, 6.07) is 12.3. The van der Waals surface area contributed by atoms with E-state index in [1.165, 1.54) is 28.6 Å². The lowest BCUT2D eigenvalue weighted by Crippen LogP contribution is -2.32. The Bertz CT molecular complexity index is 1080. The van der Waals surface area contributed by atoms with Gasteiger partial charge in [0, 0.05) is 38.3 Å². The van der Waals surface area contributed by atoms with Crippen molar-refractivity contribution >= 4 is 27.5 Å². The first-order chi connectivity index (χ1) is 16.2. The molecule has 1 saturated heterocycles. The zero-order valence-electron chi connectivity index (χ0n) is 19.7. The van der Waals surface area contributed by atoms with Crippen molar-refractivity contribution in [2.24, 2.45) is 5.92 Å². The van der Waals surface area contributed by atoms with Crippen LogP contribution < -0.4 is 5.32 Å². The van der Waals surface area contributed by atoms with Crippen molar-refractivity contribution in [3.05, 3.63) is 59.9 Å². The molecule has 3 rings (SSSR count). The van der Waals surface area contributed by atoms with Gasteiger partial charge in [-0.25, -0.2) is 12.8 Å². The van der Waals surface area contributed by atoms with Crippen molar-refractivity contribution < 1.29 is 22.4 Å². The molecule has 1 aliphatic heterocycles. The number of sulfonamides is 1. The molecule has 1 aliphatic rings. The second-order valence-corrected chi connectivity index (χ2v) is 10.5. The van der Waals surface area contributed by atoms with Crippen LogP contribution in [0.4, 0.5) is 10.1 Å². The summed E-state index contributed by atoms with van der Waals surface area (Å²) in [5, 5.41) is 2.80. The Morgan fingerprint density at radius 1 is 1.06 bits per heavy atom. The highest BCUT2D eigenvalue weighted by Crippen LogP contribution is 2.23. The van der Waals surface area contributed by atoms with Gasteiger partial charge >= 0.3 is 0 Å². The predicted molar refractivity (Wildman–Crippen MR) is 129 cm³/mol. The fraction of sp³-hybridized carbons (Fsp3) is 0.440. The Labute approximate surface area is 201 Å². The second kappa shape index (κ2) is 11.6. The van der Waals surface area contributed by atoms with Gasteiger partial charge in [-0.1, -0.05) is 26.0 Å². The summed E-state index contributed by atoms with van der Waals surface area (Å²) in [5.41, 5.74) is 1.41. The fourth-order valence-electron chi connectivity index (χ4n) is 4.03. The third-order valence-corrected chi connectivity index (χ3v) is 7.79. The molecule has 2 amide bonds. The Balaban J connectivity index is 1.57. The van der Waals surface area contributed by atoms with Gasteiger partial charge in [-0.15, -0.1) is 0 Å². The number of hydrogen-bond donors (Lipinski definition) is 1. The zero-order chi connectivity index (χ0) is 24.7. The molecule has 1 fully saturated rings. The molecule has 34 heavy (non-hydrogen) atoms. The van der Waals surface area contributed by atoms with E-state index in [1.54, 1.807) is 29.2 Å². The summed E-state index contributed by atoms with van der Waals surface area (Å²) in [6.45, 7) is 5.58. The highest BCUT2D eigenvalue weighted by molar-refractivity contribution is 7.89. The van der Waals surface area contributed by atoms with E-state index in [0.717, 1.165) is 18.4 Å². The van der Waals surface area contributed by atoms with Gasteiger partial charge in [0.15, 0.2) is 0 Å². The minimum Gasteiger partial charge on any atom is -0.342 e. The Kier molecular flexibility index (Phi) is 8.79. The molecule has 1 heterocycles. The highest BCUT2D eigenvalue weighted by Gasteiger charge is 2.34. The van der Waals surface area contributed by atoms with Crippen LogP contribution in [0.15, 0.2) is 53.4 Å². The van der Waals surface area contributed by atoms with E-state index >= 15 is 0 Å². The van der Waals surface area contributed by atoms with Crippen molar-refractivity contribution in [2.45, 2.75) is 44.4 Å². The van der Waals surface area contributed by atoms with Gasteiger partial charge in [0.1, 0.15) is 5.82 Å². The molecule has 1 unspecified atom stereocenters. The fourth-order valence-corrected chi connectivity index (χ4v) is 5.66. The lowest BCUT2D eigenvalue weighted by Gasteiger charge is -2.21. The first kappa shape index (κ1) is 25.8. The molecular weight excluding hydrogens is 457 g/mol. The van der Waals surface area contributed by atoms with E-state index in [-0.39, 0.29) is 28.9 Å². The van der Waals surface area contributed by atoms with Gasteiger partial charge in [-0.05, 0) is 61.2 Å². The van der Waals surface area contributed by atoms with Crippen molar-refractivity contribution in [1.82, 2.24) is 9.21 Å². The number of rotatable bonds is 11. The van der Waals surface area contributed by atoms with Crippen molar-refractivity contribution in [3.8, 4) is 0 Å². The molecule has 1 atom stereocenters. The maximum Gasteiger partial charge on any atom is 0.243 e. The molecule has 0 spiro atoms. The first-order valence-electron chi connectivity index (χ1n) is 11.7. The van der Waals surface area contributed by atoms with Crippen LogP contribution in [0.2, 0.25) is 0 Å². The van der Waals surface area contributed by atoms with Crippen LogP contribution in [0.5, 0.6) is 0 Å². The predicted octanol–water partition coefficient (Wildman–Crippen LogP) is 3.67. The summed E-state index contributed by atoms with van der Waals surface area (Å²) >= 11 is 0. The van der Waals surface area contributed by atoms with E-state index < -0.39 is 15.9 Å². The summed E-state index contributed by atoms with van der Waals surface area (Å²) in [6.07, 6.45) is 2.18. The molecule has 2 aromatic carbocycles. The summed E-state index contributed by atoms with van der Waals surface area (Å²) in [5.74, 6) is -1.14. The number of amides is 2. The van der Waals surface area contributed by atoms with E-state index in [9.17, 15) is 22.4 Å². The van der Waals surface area contributed by atoms with Gasteiger partial charge in [-0.2, -0.15) is 4.31 Å². The molecule has 0 radical (unpaired) electrons. The molecule has 0 saturated carbocycles. The Morgan fingerprint density at radius 3 is 2.26 bits per heavy atom. The molecule has 0 aromatic heterocycles. The molecule has 1 N–H and O–H groups in total. The van der Waals surface area contributed by atoms with Crippen LogP contribution in [0.3, 0.4) is 0 Å². The lowest BCUT2D eigenvalue weighted by atomic mass is 10.1. The van der Waals surface area contributed by atoms with Crippen LogP contribution in [-0.2, 0) is 26.0 Å². The molecule has 2 aromatic rings. The van der Waals surface area contributed by atoms with Gasteiger partial charge in [-0.3, -0.25) is 9.59 Å². The van der Waals surface area contributed by atoms with Gasteiger partial charge in [0.05, 0.1) is 10.8 Å². The van der Waals surface area contributed by atoms with Crippen LogP contribution >= 0.6 is 0 Å². The minimum absolute atomic E-state index is 0.0874. The number of nitrogens with zero attached hydrogens (tertiary/aromatic N) is 2. The van der Waals surface area contributed by atoms with Crippen molar-refractivity contribution in [2.75, 3.05) is 31.5 Å². The number of anilines is 1. The number of carbonyl (C=O) groups is 2. The smallest absolute Gasteiger partial charge is 0.243 e. The van der Waals surface area contributed by atoms with Gasteiger partial charge in [0.25, 0.3) is 0 Å². The van der Waals surface area contributed by atoms with E-state index in [1.807, 2.05) is 13.8 Å². The van der Waals surface area contributed by atoms with Crippen molar-refractivity contribution in [3.63, 3.8) is 0 Å². The van der Waals surface area contributed by atoms with E-state index in [2.05, 4.69) is 5.32 Å². The molecule has 9 heteroatoms. The molecule has 0 aliphatic carbocycles. The minimum atomic E-state index is -3.58. The normalized spacial score (nSPS) is 16.3. The number of likely N-dealkylation sites (tertiary alicyclic amines) is 1. The summed E-state index contributed by atoms with van der Waals surface area (Å²) < 4.78 is 40.3. The molecular formula is C25H32FN3O4S. The Hall–Kier alpha value is -2.78. The number of halogens is 1. The maximum absolute atomic E-state index is 13.0. The SMILES string of the molecule is CCCN(CCC)S(=O)(=O)c1ccc(NC(=O)C2CC(=O)N(CCc3ccc(F)cc3)C2)cc1. The van der Waals surface area contributed by atoms with Crippen LogP contribution in [0.25, 0.3) is 0 Å². The highest BCUT2D eigenvalue weighted by atomic mass is 32.2. The first-order valence-corrected chi connectivity index (χ1v) is 13.1. The largest absolute Gasteiger partial charge is 0.342 e. The van der Waals surface area contributed by atoms with Crippen LogP contribution in [0, 0.1) is 11.7 Å². The average molecular weight is 490 g/mol.